The second kappa shape index (κ2) is 5.74. The molecule has 1 aliphatic rings. The molecule has 0 aromatic carbocycles. The molecule has 1 aliphatic carbocycles. The van der Waals surface area contributed by atoms with Crippen molar-refractivity contribution in [1.82, 2.24) is 14.9 Å². The summed E-state index contributed by atoms with van der Waals surface area (Å²) >= 11 is 0. The van der Waals surface area contributed by atoms with Gasteiger partial charge in [-0.3, -0.25) is 4.79 Å². The van der Waals surface area contributed by atoms with Gasteiger partial charge in [0.2, 0.25) is 5.91 Å². The molecule has 1 amide bonds. The molecule has 5 nitrogen and oxygen atoms in total. The van der Waals surface area contributed by atoms with Gasteiger partial charge in [0.05, 0.1) is 12.1 Å². The van der Waals surface area contributed by atoms with Gasteiger partial charge in [0, 0.05) is 18.9 Å². The van der Waals surface area contributed by atoms with E-state index in [9.17, 15) is 4.79 Å². The molecule has 19 heavy (non-hydrogen) atoms. The fourth-order valence-electron chi connectivity index (χ4n) is 2.64. The largest absolute Gasteiger partial charge is 0.347 e. The molecule has 1 aromatic rings. The number of carbonyl (C=O) groups is 1. The number of amides is 1. The van der Waals surface area contributed by atoms with E-state index in [2.05, 4.69) is 28.7 Å². The molecule has 106 valence electrons. The van der Waals surface area contributed by atoms with Gasteiger partial charge in [-0.2, -0.15) is 0 Å². The second-order valence-electron chi connectivity index (χ2n) is 5.94. The van der Waals surface area contributed by atoms with Crippen LogP contribution in [0.1, 0.15) is 45.4 Å². The first-order valence-corrected chi connectivity index (χ1v) is 7.08. The molecule has 0 bridgehead atoms. The van der Waals surface area contributed by atoms with Crippen LogP contribution in [-0.2, 0) is 17.9 Å². The van der Waals surface area contributed by atoms with Crippen molar-refractivity contribution in [2.24, 2.45) is 11.7 Å². The SMILES string of the molecule is CC(C)Cn1ccnc1CNC(=O)C1(N)CCCC1. The molecule has 0 saturated heterocycles. The van der Waals surface area contributed by atoms with E-state index < -0.39 is 5.54 Å². The molecule has 1 fully saturated rings. The number of hydrogen-bond donors (Lipinski definition) is 2. The van der Waals surface area contributed by atoms with Gasteiger partial charge < -0.3 is 15.6 Å². The van der Waals surface area contributed by atoms with Crippen LogP contribution in [0.15, 0.2) is 12.4 Å². The Hall–Kier alpha value is -1.36. The van der Waals surface area contributed by atoms with E-state index in [1.54, 1.807) is 6.20 Å². The first-order valence-electron chi connectivity index (χ1n) is 7.08. The highest BCUT2D eigenvalue weighted by atomic mass is 16.2. The number of aromatic nitrogens is 2. The first-order chi connectivity index (χ1) is 9.01. The van der Waals surface area contributed by atoms with Crippen molar-refractivity contribution >= 4 is 5.91 Å². The standard InChI is InChI=1S/C14H24N4O/c1-11(2)10-18-8-7-16-12(18)9-17-13(19)14(15)5-3-4-6-14/h7-8,11H,3-6,9-10,15H2,1-2H3,(H,17,19). The van der Waals surface area contributed by atoms with Crippen molar-refractivity contribution in [2.45, 2.75) is 58.2 Å². The van der Waals surface area contributed by atoms with Gasteiger partial charge in [-0.25, -0.2) is 4.98 Å². The topological polar surface area (TPSA) is 72.9 Å². The summed E-state index contributed by atoms with van der Waals surface area (Å²) in [5, 5.41) is 2.93. The quantitative estimate of drug-likeness (QED) is 0.845. The Bertz CT molecular complexity index is 432. The molecule has 2 rings (SSSR count). The first kappa shape index (κ1) is 14.1. The van der Waals surface area contributed by atoms with E-state index in [0.29, 0.717) is 12.5 Å². The number of nitrogens with zero attached hydrogens (tertiary/aromatic N) is 2. The molecular formula is C14H24N4O. The van der Waals surface area contributed by atoms with Crippen LogP contribution in [0.4, 0.5) is 0 Å². The average Bonchev–Trinajstić information content (AvgIpc) is 2.96. The number of carbonyl (C=O) groups excluding carboxylic acids is 1. The van der Waals surface area contributed by atoms with Crippen molar-refractivity contribution < 1.29 is 4.79 Å². The maximum atomic E-state index is 12.1. The van der Waals surface area contributed by atoms with Gasteiger partial charge in [-0.15, -0.1) is 0 Å². The Morgan fingerprint density at radius 3 is 2.84 bits per heavy atom. The van der Waals surface area contributed by atoms with Crippen molar-refractivity contribution in [3.63, 3.8) is 0 Å². The molecule has 0 unspecified atom stereocenters. The molecular weight excluding hydrogens is 240 g/mol. The predicted octanol–water partition coefficient (Wildman–Crippen LogP) is 1.43. The summed E-state index contributed by atoms with van der Waals surface area (Å²) in [4.78, 5) is 16.4. The maximum absolute atomic E-state index is 12.1. The molecule has 0 atom stereocenters. The van der Waals surface area contributed by atoms with Crippen molar-refractivity contribution in [2.75, 3.05) is 0 Å². The van der Waals surface area contributed by atoms with Gasteiger partial charge in [0.15, 0.2) is 0 Å². The zero-order chi connectivity index (χ0) is 13.9. The van der Waals surface area contributed by atoms with Gasteiger partial charge in [0.25, 0.3) is 0 Å². The molecule has 1 aromatic heterocycles. The Kier molecular flexibility index (Phi) is 4.24. The van der Waals surface area contributed by atoms with E-state index in [1.807, 2.05) is 6.20 Å². The van der Waals surface area contributed by atoms with E-state index in [0.717, 1.165) is 38.1 Å². The minimum atomic E-state index is -0.657. The zero-order valence-corrected chi connectivity index (χ0v) is 11.9. The summed E-state index contributed by atoms with van der Waals surface area (Å²) in [5.41, 5.74) is 5.46. The summed E-state index contributed by atoms with van der Waals surface area (Å²) in [6.45, 7) is 5.70. The Morgan fingerprint density at radius 2 is 2.21 bits per heavy atom. The third kappa shape index (κ3) is 3.35. The zero-order valence-electron chi connectivity index (χ0n) is 11.9. The molecule has 5 heteroatoms. The second-order valence-corrected chi connectivity index (χ2v) is 5.94. The van der Waals surface area contributed by atoms with Crippen molar-refractivity contribution in [3.8, 4) is 0 Å². The minimum Gasteiger partial charge on any atom is -0.347 e. The molecule has 0 radical (unpaired) electrons. The lowest BCUT2D eigenvalue weighted by Crippen LogP contribution is -2.51. The Morgan fingerprint density at radius 1 is 1.53 bits per heavy atom. The molecule has 1 heterocycles. The molecule has 0 spiro atoms. The van der Waals surface area contributed by atoms with Crippen LogP contribution in [0.25, 0.3) is 0 Å². The van der Waals surface area contributed by atoms with Crippen molar-refractivity contribution in [3.05, 3.63) is 18.2 Å². The van der Waals surface area contributed by atoms with E-state index in [4.69, 9.17) is 5.73 Å². The highest BCUT2D eigenvalue weighted by Crippen LogP contribution is 2.27. The number of rotatable bonds is 5. The van der Waals surface area contributed by atoms with Gasteiger partial charge in [0.1, 0.15) is 5.82 Å². The fraction of sp³-hybridized carbons (Fsp3) is 0.714. The number of nitrogens with one attached hydrogen (secondary N) is 1. The van der Waals surface area contributed by atoms with E-state index in [-0.39, 0.29) is 5.91 Å². The van der Waals surface area contributed by atoms with Gasteiger partial charge >= 0.3 is 0 Å². The highest BCUT2D eigenvalue weighted by Gasteiger charge is 2.36. The highest BCUT2D eigenvalue weighted by molar-refractivity contribution is 5.86. The van der Waals surface area contributed by atoms with Gasteiger partial charge in [-0.1, -0.05) is 26.7 Å². The summed E-state index contributed by atoms with van der Waals surface area (Å²) in [5.74, 6) is 1.41. The van der Waals surface area contributed by atoms with Crippen LogP contribution in [0.5, 0.6) is 0 Å². The Labute approximate surface area is 114 Å². The van der Waals surface area contributed by atoms with Gasteiger partial charge in [-0.05, 0) is 18.8 Å². The third-order valence-corrected chi connectivity index (χ3v) is 3.72. The molecule has 0 aliphatic heterocycles. The normalized spacial score (nSPS) is 17.9. The smallest absolute Gasteiger partial charge is 0.240 e. The lowest BCUT2D eigenvalue weighted by atomic mass is 9.98. The molecule has 1 saturated carbocycles. The average molecular weight is 264 g/mol. The van der Waals surface area contributed by atoms with Crippen LogP contribution < -0.4 is 11.1 Å². The van der Waals surface area contributed by atoms with Crippen LogP contribution in [0.2, 0.25) is 0 Å². The van der Waals surface area contributed by atoms with Crippen LogP contribution in [-0.4, -0.2) is 21.0 Å². The van der Waals surface area contributed by atoms with Crippen LogP contribution >= 0.6 is 0 Å². The molecule has 3 N–H and O–H groups in total. The maximum Gasteiger partial charge on any atom is 0.240 e. The van der Waals surface area contributed by atoms with Crippen LogP contribution in [0, 0.1) is 5.92 Å². The Balaban J connectivity index is 1.92. The van der Waals surface area contributed by atoms with Crippen LogP contribution in [0.3, 0.4) is 0 Å². The number of nitrogens with two attached hydrogens (primary N) is 1. The predicted molar refractivity (Wildman–Crippen MR) is 74.3 cm³/mol. The summed E-state index contributed by atoms with van der Waals surface area (Å²) in [6.07, 6.45) is 7.41. The minimum absolute atomic E-state index is 0.0379. The monoisotopic (exact) mass is 264 g/mol. The number of imidazole rings is 1. The lowest BCUT2D eigenvalue weighted by Gasteiger charge is -2.22. The fourth-order valence-corrected chi connectivity index (χ4v) is 2.64. The lowest BCUT2D eigenvalue weighted by molar-refractivity contribution is -0.126. The van der Waals surface area contributed by atoms with Crippen molar-refractivity contribution in [1.29, 1.82) is 0 Å². The van der Waals surface area contributed by atoms with E-state index in [1.165, 1.54) is 0 Å². The van der Waals surface area contributed by atoms with E-state index >= 15 is 0 Å². The summed E-state index contributed by atoms with van der Waals surface area (Å²) in [6, 6.07) is 0. The summed E-state index contributed by atoms with van der Waals surface area (Å²) in [7, 11) is 0. The number of hydrogen-bond acceptors (Lipinski definition) is 3. The third-order valence-electron chi connectivity index (χ3n) is 3.72. The summed E-state index contributed by atoms with van der Waals surface area (Å²) < 4.78 is 2.09.